The third-order valence-corrected chi connectivity index (χ3v) is 3.23. The van der Waals surface area contributed by atoms with Crippen LogP contribution in [-0.4, -0.2) is 23.2 Å². The number of nitrogens with one attached hydrogen (secondary N) is 1. The molecule has 0 aromatic rings. The molecule has 1 aliphatic rings. The normalized spacial score (nSPS) is 21.6. The number of hydrogen-bond acceptors (Lipinski definition) is 2. The summed E-state index contributed by atoms with van der Waals surface area (Å²) >= 11 is 0. The van der Waals surface area contributed by atoms with Gasteiger partial charge in [-0.3, -0.25) is 4.79 Å². The number of rotatable bonds is 6. The van der Waals surface area contributed by atoms with Gasteiger partial charge in [0.05, 0.1) is 5.60 Å². The van der Waals surface area contributed by atoms with Crippen molar-refractivity contribution >= 4 is 5.91 Å². The molecule has 94 valence electrons. The number of amides is 1. The number of aliphatic hydroxyl groups is 1. The summed E-state index contributed by atoms with van der Waals surface area (Å²) in [5, 5.41) is 12.9. The second kappa shape index (κ2) is 5.17. The van der Waals surface area contributed by atoms with Crippen molar-refractivity contribution in [3.8, 4) is 0 Å². The summed E-state index contributed by atoms with van der Waals surface area (Å²) in [5.41, 5.74) is -0.785. The zero-order chi connectivity index (χ0) is 12.3. The number of carbonyl (C=O) groups excluding carboxylic acids is 1. The zero-order valence-corrected chi connectivity index (χ0v) is 10.9. The van der Waals surface area contributed by atoms with Crippen LogP contribution in [0, 0.1) is 17.8 Å². The van der Waals surface area contributed by atoms with Crippen molar-refractivity contribution < 1.29 is 9.90 Å². The van der Waals surface area contributed by atoms with Crippen molar-refractivity contribution in [2.45, 2.75) is 52.6 Å². The van der Waals surface area contributed by atoms with Gasteiger partial charge in [-0.05, 0) is 38.0 Å². The van der Waals surface area contributed by atoms with E-state index in [0.717, 1.165) is 0 Å². The summed E-state index contributed by atoms with van der Waals surface area (Å²) < 4.78 is 0. The van der Waals surface area contributed by atoms with Crippen molar-refractivity contribution in [1.29, 1.82) is 0 Å². The second-order valence-electron chi connectivity index (χ2n) is 5.94. The lowest BCUT2D eigenvalue weighted by Gasteiger charge is -2.26. The summed E-state index contributed by atoms with van der Waals surface area (Å²) in [7, 11) is 0. The Bertz CT molecular complexity index is 244. The van der Waals surface area contributed by atoms with E-state index in [4.69, 9.17) is 0 Å². The van der Waals surface area contributed by atoms with Crippen LogP contribution in [0.5, 0.6) is 0 Å². The maximum atomic E-state index is 11.7. The Balaban J connectivity index is 2.29. The molecule has 1 amide bonds. The maximum absolute atomic E-state index is 11.7. The summed E-state index contributed by atoms with van der Waals surface area (Å²) in [5.74, 6) is 1.21. The Morgan fingerprint density at radius 1 is 1.44 bits per heavy atom. The Morgan fingerprint density at radius 2 is 2.00 bits per heavy atom. The molecule has 2 N–H and O–H groups in total. The van der Waals surface area contributed by atoms with E-state index in [9.17, 15) is 9.90 Å². The van der Waals surface area contributed by atoms with Crippen LogP contribution >= 0.6 is 0 Å². The van der Waals surface area contributed by atoms with Gasteiger partial charge in [0.1, 0.15) is 0 Å². The van der Waals surface area contributed by atoms with Crippen LogP contribution in [-0.2, 0) is 4.79 Å². The van der Waals surface area contributed by atoms with Crippen molar-refractivity contribution in [3.05, 3.63) is 0 Å². The lowest BCUT2D eigenvalue weighted by atomic mass is 9.94. The minimum absolute atomic E-state index is 0.0894. The van der Waals surface area contributed by atoms with Crippen molar-refractivity contribution in [3.63, 3.8) is 0 Å². The predicted molar refractivity (Wildman–Crippen MR) is 65.0 cm³/mol. The molecule has 3 nitrogen and oxygen atoms in total. The van der Waals surface area contributed by atoms with Crippen LogP contribution < -0.4 is 5.32 Å². The predicted octanol–water partition coefficient (Wildman–Crippen LogP) is 1.95. The van der Waals surface area contributed by atoms with Gasteiger partial charge in [-0.1, -0.05) is 20.8 Å². The first-order valence-corrected chi connectivity index (χ1v) is 6.32. The largest absolute Gasteiger partial charge is 0.388 e. The van der Waals surface area contributed by atoms with Gasteiger partial charge in [-0.15, -0.1) is 0 Å². The van der Waals surface area contributed by atoms with E-state index < -0.39 is 5.60 Å². The van der Waals surface area contributed by atoms with Crippen LogP contribution in [0.2, 0.25) is 0 Å². The van der Waals surface area contributed by atoms with Crippen molar-refractivity contribution in [2.75, 3.05) is 6.54 Å². The summed E-state index contributed by atoms with van der Waals surface area (Å²) in [6, 6.07) is 0. The Kier molecular flexibility index (Phi) is 4.36. The molecule has 1 rings (SSSR count). The molecule has 16 heavy (non-hydrogen) atoms. The van der Waals surface area contributed by atoms with Gasteiger partial charge in [0.2, 0.25) is 5.91 Å². The number of carbonyl (C=O) groups is 1. The van der Waals surface area contributed by atoms with Crippen LogP contribution in [0.3, 0.4) is 0 Å². The molecule has 1 fully saturated rings. The fourth-order valence-electron chi connectivity index (χ4n) is 2.20. The highest BCUT2D eigenvalue weighted by Crippen LogP contribution is 2.36. The summed E-state index contributed by atoms with van der Waals surface area (Å²) in [6.45, 7) is 8.27. The summed E-state index contributed by atoms with van der Waals surface area (Å²) in [4.78, 5) is 11.7. The van der Waals surface area contributed by atoms with Crippen LogP contribution in [0.15, 0.2) is 0 Å². The molecule has 1 saturated carbocycles. The Morgan fingerprint density at radius 3 is 2.44 bits per heavy atom. The second-order valence-corrected chi connectivity index (χ2v) is 5.94. The molecule has 0 aromatic carbocycles. The molecule has 3 heteroatoms. The smallest absolute Gasteiger partial charge is 0.223 e. The van der Waals surface area contributed by atoms with Gasteiger partial charge in [-0.25, -0.2) is 0 Å². The summed E-state index contributed by atoms with van der Waals surface area (Å²) in [6.07, 6.45) is 3.07. The minimum atomic E-state index is -0.785. The van der Waals surface area contributed by atoms with E-state index in [-0.39, 0.29) is 11.8 Å². The topological polar surface area (TPSA) is 49.3 Å². The highest BCUT2D eigenvalue weighted by atomic mass is 16.3. The molecule has 2 atom stereocenters. The van der Waals surface area contributed by atoms with Crippen molar-refractivity contribution in [2.24, 2.45) is 17.8 Å². The molecular formula is C13H25NO2. The molecule has 0 bridgehead atoms. The lowest BCUT2D eigenvalue weighted by Crippen LogP contribution is -2.43. The van der Waals surface area contributed by atoms with Crippen molar-refractivity contribution in [1.82, 2.24) is 5.32 Å². The average Bonchev–Trinajstić information content (AvgIpc) is 2.94. The SMILES string of the molecule is CC(C)CC(C)(O)CNC(=O)C(C)C1CC1. The first kappa shape index (κ1) is 13.5. The van der Waals surface area contributed by atoms with E-state index in [1.807, 2.05) is 6.92 Å². The van der Waals surface area contributed by atoms with Gasteiger partial charge in [-0.2, -0.15) is 0 Å². The van der Waals surface area contributed by atoms with E-state index >= 15 is 0 Å². The fourth-order valence-corrected chi connectivity index (χ4v) is 2.20. The maximum Gasteiger partial charge on any atom is 0.223 e. The highest BCUT2D eigenvalue weighted by Gasteiger charge is 2.33. The molecular weight excluding hydrogens is 202 g/mol. The van der Waals surface area contributed by atoms with E-state index in [2.05, 4.69) is 19.2 Å². The van der Waals surface area contributed by atoms with E-state index in [1.54, 1.807) is 6.92 Å². The zero-order valence-electron chi connectivity index (χ0n) is 10.9. The third-order valence-electron chi connectivity index (χ3n) is 3.23. The van der Waals surface area contributed by atoms with Gasteiger partial charge in [0.25, 0.3) is 0 Å². The first-order valence-electron chi connectivity index (χ1n) is 6.32. The Hall–Kier alpha value is -0.570. The first-order chi connectivity index (χ1) is 7.32. The molecule has 0 aliphatic heterocycles. The molecule has 1 aliphatic carbocycles. The number of hydrogen-bond donors (Lipinski definition) is 2. The van der Waals surface area contributed by atoms with Gasteiger partial charge < -0.3 is 10.4 Å². The van der Waals surface area contributed by atoms with Crippen LogP contribution in [0.25, 0.3) is 0 Å². The van der Waals surface area contributed by atoms with E-state index in [1.165, 1.54) is 12.8 Å². The molecule has 0 spiro atoms. The molecule has 2 unspecified atom stereocenters. The quantitative estimate of drug-likeness (QED) is 0.728. The van der Waals surface area contributed by atoms with Gasteiger partial charge in [0, 0.05) is 12.5 Å². The standard InChI is InChI=1S/C13H25NO2/c1-9(2)7-13(4,16)8-14-12(15)10(3)11-5-6-11/h9-11,16H,5-8H2,1-4H3,(H,14,15). The van der Waals surface area contributed by atoms with Gasteiger partial charge >= 0.3 is 0 Å². The molecule has 0 aromatic heterocycles. The van der Waals surface area contributed by atoms with E-state index in [0.29, 0.717) is 24.8 Å². The molecule has 0 heterocycles. The van der Waals surface area contributed by atoms with Crippen LogP contribution in [0.4, 0.5) is 0 Å². The Labute approximate surface area is 98.6 Å². The molecule has 0 saturated heterocycles. The molecule has 0 radical (unpaired) electrons. The lowest BCUT2D eigenvalue weighted by molar-refractivity contribution is -0.126. The fraction of sp³-hybridized carbons (Fsp3) is 0.923. The minimum Gasteiger partial charge on any atom is -0.388 e. The van der Waals surface area contributed by atoms with Gasteiger partial charge in [0.15, 0.2) is 0 Å². The van der Waals surface area contributed by atoms with Crippen LogP contribution in [0.1, 0.15) is 47.0 Å². The third kappa shape index (κ3) is 4.52. The highest BCUT2D eigenvalue weighted by molar-refractivity contribution is 5.78. The monoisotopic (exact) mass is 227 g/mol. The average molecular weight is 227 g/mol.